The summed E-state index contributed by atoms with van der Waals surface area (Å²) < 4.78 is 7.16. The predicted molar refractivity (Wildman–Crippen MR) is 92.1 cm³/mol. The fraction of sp³-hybridized carbons (Fsp3) is 0.333. The van der Waals surface area contributed by atoms with Crippen LogP contribution in [0.25, 0.3) is 0 Å². The van der Waals surface area contributed by atoms with Gasteiger partial charge in [0.2, 0.25) is 0 Å². The van der Waals surface area contributed by atoms with Gasteiger partial charge >= 0.3 is 0 Å². The van der Waals surface area contributed by atoms with Crippen LogP contribution in [0.4, 0.5) is 0 Å². The van der Waals surface area contributed by atoms with E-state index >= 15 is 0 Å². The molecule has 0 spiro atoms. The first-order valence-corrected chi connectivity index (χ1v) is 8.16. The monoisotopic (exact) mass is 347 g/mol. The molecule has 0 aliphatic heterocycles. The zero-order chi connectivity index (χ0) is 15.2. The van der Waals surface area contributed by atoms with E-state index < -0.39 is 0 Å². The minimum Gasteiger partial charge on any atom is -0.457 e. The van der Waals surface area contributed by atoms with Gasteiger partial charge in [0, 0.05) is 16.6 Å². The zero-order valence-corrected chi connectivity index (χ0v) is 14.4. The second kappa shape index (κ2) is 7.62. The minimum atomic E-state index is 0.500. The zero-order valence-electron chi connectivity index (χ0n) is 12.8. The molecule has 0 aromatic heterocycles. The van der Waals surface area contributed by atoms with Crippen molar-refractivity contribution < 1.29 is 4.74 Å². The summed E-state index contributed by atoms with van der Waals surface area (Å²) in [4.78, 5) is 0. The van der Waals surface area contributed by atoms with Gasteiger partial charge in [-0.1, -0.05) is 48.8 Å². The number of nitrogens with one attached hydrogen (secondary N) is 1. The van der Waals surface area contributed by atoms with Gasteiger partial charge in [0.25, 0.3) is 0 Å². The molecule has 3 heteroatoms. The van der Waals surface area contributed by atoms with Gasteiger partial charge in [-0.15, -0.1) is 0 Å². The van der Waals surface area contributed by atoms with Crippen molar-refractivity contribution in [2.45, 2.75) is 33.2 Å². The first kappa shape index (κ1) is 16.1. The van der Waals surface area contributed by atoms with Crippen molar-refractivity contribution >= 4 is 15.9 Å². The average Bonchev–Trinajstić information content (AvgIpc) is 2.47. The quantitative estimate of drug-likeness (QED) is 0.747. The molecule has 0 amide bonds. The Bertz CT molecular complexity index is 596. The molecular weight excluding hydrogens is 326 g/mol. The minimum absolute atomic E-state index is 0.500. The Morgan fingerprint density at radius 3 is 2.67 bits per heavy atom. The summed E-state index contributed by atoms with van der Waals surface area (Å²) in [7, 11) is 0. The number of halogens is 1. The number of benzene rings is 2. The van der Waals surface area contributed by atoms with Crippen molar-refractivity contribution in [3.63, 3.8) is 0 Å². The lowest BCUT2D eigenvalue weighted by Gasteiger charge is -2.13. The topological polar surface area (TPSA) is 21.3 Å². The standard InChI is InChI=1S/C18H22BrNO/c1-4-20-12-15-10-16(19)8-9-18(15)21-17-7-5-6-14(11-17)13(2)3/h5-11,13,20H,4,12H2,1-3H3. The molecule has 2 nitrogen and oxygen atoms in total. The maximum atomic E-state index is 6.09. The van der Waals surface area contributed by atoms with Gasteiger partial charge in [-0.25, -0.2) is 0 Å². The van der Waals surface area contributed by atoms with E-state index in [1.165, 1.54) is 5.56 Å². The average molecular weight is 348 g/mol. The maximum absolute atomic E-state index is 6.09. The number of hydrogen-bond donors (Lipinski definition) is 1. The molecule has 2 aromatic rings. The normalized spacial score (nSPS) is 10.9. The molecule has 0 atom stereocenters. The molecule has 0 fully saturated rings. The third-order valence-electron chi connectivity index (χ3n) is 3.34. The molecule has 2 aromatic carbocycles. The number of ether oxygens (including phenoxy) is 1. The summed E-state index contributed by atoms with van der Waals surface area (Å²) in [5, 5.41) is 3.35. The van der Waals surface area contributed by atoms with Crippen LogP contribution in [0, 0.1) is 0 Å². The van der Waals surface area contributed by atoms with Crippen molar-refractivity contribution in [2.75, 3.05) is 6.54 Å². The molecule has 0 bridgehead atoms. The second-order valence-corrected chi connectivity index (χ2v) is 6.28. The van der Waals surface area contributed by atoms with E-state index in [9.17, 15) is 0 Å². The highest BCUT2D eigenvalue weighted by Gasteiger charge is 2.07. The van der Waals surface area contributed by atoms with Gasteiger partial charge in [-0.05, 0) is 48.4 Å². The lowest BCUT2D eigenvalue weighted by atomic mass is 10.0. The second-order valence-electron chi connectivity index (χ2n) is 5.36. The van der Waals surface area contributed by atoms with Crippen LogP contribution in [0.2, 0.25) is 0 Å². The van der Waals surface area contributed by atoms with Crippen LogP contribution < -0.4 is 10.1 Å². The summed E-state index contributed by atoms with van der Waals surface area (Å²) in [6.07, 6.45) is 0. The Kier molecular flexibility index (Phi) is 5.83. The van der Waals surface area contributed by atoms with Crippen molar-refractivity contribution in [3.05, 3.63) is 58.1 Å². The van der Waals surface area contributed by atoms with Gasteiger partial charge in [0.1, 0.15) is 11.5 Å². The largest absolute Gasteiger partial charge is 0.457 e. The maximum Gasteiger partial charge on any atom is 0.131 e. The summed E-state index contributed by atoms with van der Waals surface area (Å²) in [5.74, 6) is 2.29. The molecule has 1 N–H and O–H groups in total. The molecule has 0 aliphatic rings. The Hall–Kier alpha value is -1.32. The van der Waals surface area contributed by atoms with Crippen LogP contribution in [0.1, 0.15) is 37.8 Å². The summed E-state index contributed by atoms with van der Waals surface area (Å²) >= 11 is 3.52. The highest BCUT2D eigenvalue weighted by atomic mass is 79.9. The van der Waals surface area contributed by atoms with Crippen LogP contribution >= 0.6 is 15.9 Å². The summed E-state index contributed by atoms with van der Waals surface area (Å²) in [6, 6.07) is 14.4. The van der Waals surface area contributed by atoms with Gasteiger partial charge < -0.3 is 10.1 Å². The highest BCUT2D eigenvalue weighted by Crippen LogP contribution is 2.29. The van der Waals surface area contributed by atoms with Crippen molar-refractivity contribution in [1.29, 1.82) is 0 Å². The first-order chi connectivity index (χ1) is 10.1. The highest BCUT2D eigenvalue weighted by molar-refractivity contribution is 9.10. The van der Waals surface area contributed by atoms with E-state index in [0.29, 0.717) is 5.92 Å². The van der Waals surface area contributed by atoms with E-state index in [-0.39, 0.29) is 0 Å². The molecule has 0 heterocycles. The van der Waals surface area contributed by atoms with Gasteiger partial charge in [0.15, 0.2) is 0 Å². The molecular formula is C18H22BrNO. The summed E-state index contributed by atoms with van der Waals surface area (Å²) in [5.41, 5.74) is 2.44. The Morgan fingerprint density at radius 1 is 1.14 bits per heavy atom. The Labute approximate surface area is 135 Å². The molecule has 2 rings (SSSR count). The van der Waals surface area contributed by atoms with E-state index in [1.807, 2.05) is 24.3 Å². The molecule has 0 radical (unpaired) electrons. The molecule has 0 saturated carbocycles. The third kappa shape index (κ3) is 4.58. The van der Waals surface area contributed by atoms with Crippen LogP contribution in [0.15, 0.2) is 46.9 Å². The molecule has 0 unspecified atom stereocenters. The van der Waals surface area contributed by atoms with E-state index in [2.05, 4.69) is 60.2 Å². The van der Waals surface area contributed by atoms with Gasteiger partial charge in [0.05, 0.1) is 0 Å². The lowest BCUT2D eigenvalue weighted by Crippen LogP contribution is -2.12. The third-order valence-corrected chi connectivity index (χ3v) is 3.83. The van der Waals surface area contributed by atoms with Crippen molar-refractivity contribution in [3.8, 4) is 11.5 Å². The Morgan fingerprint density at radius 2 is 1.95 bits per heavy atom. The molecule has 21 heavy (non-hydrogen) atoms. The molecule has 0 aliphatic carbocycles. The van der Waals surface area contributed by atoms with Crippen LogP contribution in [-0.2, 0) is 6.54 Å². The van der Waals surface area contributed by atoms with E-state index in [4.69, 9.17) is 4.74 Å². The van der Waals surface area contributed by atoms with Crippen LogP contribution in [-0.4, -0.2) is 6.54 Å². The van der Waals surface area contributed by atoms with Crippen molar-refractivity contribution in [2.24, 2.45) is 0 Å². The first-order valence-electron chi connectivity index (χ1n) is 7.37. The molecule has 112 valence electrons. The predicted octanol–water partition coefficient (Wildman–Crippen LogP) is 5.47. The lowest BCUT2D eigenvalue weighted by molar-refractivity contribution is 0.472. The van der Waals surface area contributed by atoms with Crippen LogP contribution in [0.5, 0.6) is 11.5 Å². The van der Waals surface area contributed by atoms with Crippen molar-refractivity contribution in [1.82, 2.24) is 5.32 Å². The fourth-order valence-corrected chi connectivity index (χ4v) is 2.52. The Balaban J connectivity index is 2.24. The fourth-order valence-electron chi connectivity index (χ4n) is 2.11. The summed E-state index contributed by atoms with van der Waals surface area (Å²) in [6.45, 7) is 8.22. The number of hydrogen-bond acceptors (Lipinski definition) is 2. The smallest absolute Gasteiger partial charge is 0.131 e. The van der Waals surface area contributed by atoms with Crippen LogP contribution in [0.3, 0.4) is 0 Å². The SMILES string of the molecule is CCNCc1cc(Br)ccc1Oc1cccc(C(C)C)c1. The van der Waals surface area contributed by atoms with Gasteiger partial charge in [-0.2, -0.15) is 0 Å². The van der Waals surface area contributed by atoms with E-state index in [0.717, 1.165) is 34.6 Å². The number of rotatable bonds is 6. The molecule has 0 saturated heterocycles. The van der Waals surface area contributed by atoms with E-state index in [1.54, 1.807) is 0 Å². The van der Waals surface area contributed by atoms with Gasteiger partial charge in [-0.3, -0.25) is 0 Å².